The van der Waals surface area contributed by atoms with Gasteiger partial charge in [-0.2, -0.15) is 0 Å². The fraction of sp³-hybridized carbons (Fsp3) is 0.888. The molecule has 2 amide bonds. The van der Waals surface area contributed by atoms with E-state index in [2.05, 4.69) is 133 Å². The molecule has 0 spiro atoms. The molecule has 9 fully saturated rings. The number of nitrogens with one attached hydrogen (secondary N) is 2. The highest BCUT2D eigenvalue weighted by Gasteiger charge is 2.63. The van der Waals surface area contributed by atoms with Gasteiger partial charge in [-0.15, -0.1) is 0 Å². The lowest BCUT2D eigenvalue weighted by Gasteiger charge is -2.58. The highest BCUT2D eigenvalue weighted by atomic mass is 35.5. The van der Waals surface area contributed by atoms with E-state index in [0.29, 0.717) is 59.2 Å². The van der Waals surface area contributed by atoms with Gasteiger partial charge in [-0.05, 0) is 274 Å². The number of amides is 2. The summed E-state index contributed by atoms with van der Waals surface area (Å²) in [5.41, 5.74) is 21.6. The molecule has 0 aromatic heterocycles. The number of hydrogen-bond donors (Lipinski definition) is 14. The Morgan fingerprint density at radius 2 is 0.738 bits per heavy atom. The molecule has 9 saturated carbocycles. The van der Waals surface area contributed by atoms with E-state index in [1.165, 1.54) is 153 Å². The molecular formula is C98H170ClN5O18. The third-order valence-electron chi connectivity index (χ3n) is 34.5. The monoisotopic (exact) mass is 1740 g/mol. The van der Waals surface area contributed by atoms with Gasteiger partial charge < -0.3 is 92.7 Å². The third kappa shape index (κ3) is 25.0. The zero-order valence-corrected chi connectivity index (χ0v) is 78.5. The van der Waals surface area contributed by atoms with Gasteiger partial charge in [-0.1, -0.05) is 197 Å². The zero-order valence-electron chi connectivity index (χ0n) is 77.7. The van der Waals surface area contributed by atoms with Crippen LogP contribution in [0.5, 0.6) is 0 Å². The maximum Gasteiger partial charge on any atom is 0.407 e. The summed E-state index contributed by atoms with van der Waals surface area (Å²) in [6, 6.07) is 0. The van der Waals surface area contributed by atoms with E-state index in [4.69, 9.17) is 83.5 Å². The minimum Gasteiger partial charge on any atom is -0.479 e. The highest BCUT2D eigenvalue weighted by molar-refractivity contribution is 6.61. The molecule has 12 aliphatic rings. The van der Waals surface area contributed by atoms with Gasteiger partial charge in [0.1, 0.15) is 37.1 Å². The number of aliphatic hydroxyl groups excluding tert-OH is 6. The molecule has 12 rings (SSSR count). The van der Waals surface area contributed by atoms with Crippen molar-refractivity contribution in [3.8, 4) is 0 Å². The highest BCUT2D eigenvalue weighted by Crippen LogP contribution is 2.71. The smallest absolute Gasteiger partial charge is 0.407 e. The van der Waals surface area contributed by atoms with Gasteiger partial charge in [0.2, 0.25) is 0 Å². The number of hydrogen-bond acceptors (Lipinski definition) is 20. The number of fused-ring (bicyclic) bond motifs is 15. The molecule has 0 saturated heterocycles. The van der Waals surface area contributed by atoms with E-state index in [1.807, 2.05) is 0 Å². The molecule has 122 heavy (non-hydrogen) atoms. The molecule has 9 unspecified atom stereocenters. The molecule has 0 radical (unpaired) electrons. The topological polar surface area (TPSA) is 406 Å². The predicted molar refractivity (Wildman–Crippen MR) is 478 cm³/mol. The number of nitrogens with two attached hydrogens (primary N) is 3. The second-order valence-corrected chi connectivity index (χ2v) is 43.4. The molecule has 12 aliphatic carbocycles. The van der Waals surface area contributed by atoms with Crippen LogP contribution in [0, 0.1) is 139 Å². The van der Waals surface area contributed by atoms with Gasteiger partial charge in [-0.3, -0.25) is 0 Å². The number of carboxylic acids is 1. The first-order valence-corrected chi connectivity index (χ1v) is 48.6. The molecule has 0 aliphatic heterocycles. The van der Waals surface area contributed by atoms with E-state index in [9.17, 15) is 34.2 Å². The number of rotatable bonds is 30. The number of carboxylic acid groups (broad SMARTS) is 1. The van der Waals surface area contributed by atoms with Gasteiger partial charge in [0.15, 0.2) is 24.8 Å². The summed E-state index contributed by atoms with van der Waals surface area (Å²) < 4.78 is 21.6. The number of aliphatic hydroxyl groups is 8. The quantitative estimate of drug-likeness (QED) is 0.00793. The van der Waals surface area contributed by atoms with Crippen LogP contribution in [-0.2, 0) is 28.5 Å². The second-order valence-electron chi connectivity index (χ2n) is 43.1. The predicted octanol–water partition coefficient (Wildman–Crippen LogP) is 16.6. The van der Waals surface area contributed by atoms with E-state index >= 15 is 0 Å². The maximum absolute atomic E-state index is 12.5. The number of carbonyl (C=O) groups excluding carboxylic acids is 4. The van der Waals surface area contributed by atoms with Gasteiger partial charge in [0.05, 0.1) is 6.54 Å². The van der Waals surface area contributed by atoms with E-state index in [1.54, 1.807) is 11.1 Å². The molecule has 28 atom stereocenters. The Balaban J connectivity index is 0.000000212. The van der Waals surface area contributed by atoms with E-state index < -0.39 is 60.5 Å². The normalized spacial score (nSPS) is 36.3. The lowest BCUT2D eigenvalue weighted by atomic mass is 9.47. The number of ether oxygens (including phenoxy) is 4. The summed E-state index contributed by atoms with van der Waals surface area (Å²) >= 11 is 5.51. The molecule has 0 aromatic carbocycles. The summed E-state index contributed by atoms with van der Waals surface area (Å²) in [4.78, 5) is 57.3. The lowest BCUT2D eigenvalue weighted by molar-refractivity contribution is -0.184. The molecular weight excluding hydrogens is 1570 g/mol. The Hall–Kier alpha value is -3.98. The van der Waals surface area contributed by atoms with Crippen molar-refractivity contribution >= 4 is 41.2 Å². The largest absolute Gasteiger partial charge is 0.479 e. The van der Waals surface area contributed by atoms with Crippen molar-refractivity contribution in [3.63, 3.8) is 0 Å². The minimum atomic E-state index is -2.27. The number of halogens is 1. The maximum atomic E-state index is 12.5. The van der Waals surface area contributed by atoms with Crippen LogP contribution in [0.3, 0.4) is 0 Å². The van der Waals surface area contributed by atoms with Crippen molar-refractivity contribution < 1.29 is 88.9 Å². The average molecular weight is 1740 g/mol. The standard InChI is InChI=1S/C34H57NO8.C30H52N2O2.C28H45ClO2.C4H8O6.C2H8N2/c1-20(2)7-6-8-21(3)25-11-12-26-24-10-9-22-19-23(13-15-33(22,4)27(24)14-16-34(25,26)5)43-32(41)35-17-18-42-31(40)29(37)28(36)30(38)39;1-20(2)7-6-8-21(3)25-11-12-26-24-10-9-22-19-23(34-28(33)32-18-17-31)13-15-29(22,4)27(24)14-16-30(25,26)5;1-18(2)7-6-8-19(3)23-11-12-24-22-10-9-20-17-21(31-26(29)30)13-15-27(20,4)25(22)14-16-28(23,24)5;5-1(3(7)8)2(6)4(9)10;3-1-2-4/h9,20-21,23-30,36-39H,6-8,10-19H2,1-5H3,(H,35,41);9,20-21,23-27H,6-8,10-19,31H2,1-5H3,(H,32,33);9,18-19,21-25H,6-8,10-17H2,1-5H3;1-3,5-8H,(H,9,10);1-4H2/t21-,23+,24?,25-,26?,27?,28+,29+,33+,34-;21-,23+,24?,25-,26?,27?,29+,30-;19-,21+,22?,23-,24?,25?,27+,28-;1-,2-;/m1110./s1. The van der Waals surface area contributed by atoms with Gasteiger partial charge in [0.25, 0.3) is 0 Å². The van der Waals surface area contributed by atoms with Crippen molar-refractivity contribution in [3.05, 3.63) is 34.9 Å². The lowest BCUT2D eigenvalue weighted by Crippen LogP contribution is -2.51. The summed E-state index contributed by atoms with van der Waals surface area (Å²) in [7, 11) is 0. The number of alkyl carbamates (subject to hydrolysis) is 2. The summed E-state index contributed by atoms with van der Waals surface area (Å²) in [5, 5.41) is 83.0. The number of aliphatic carboxylic acids is 1. The number of carbonyl (C=O) groups is 5. The Bertz CT molecular complexity index is 3410. The Morgan fingerprint density at radius 3 is 1.02 bits per heavy atom. The summed E-state index contributed by atoms with van der Waals surface area (Å²) in [6.07, 6.45) is 35.2. The first-order valence-electron chi connectivity index (χ1n) is 48.3. The van der Waals surface area contributed by atoms with Crippen LogP contribution in [0.2, 0.25) is 0 Å². The molecule has 702 valence electrons. The third-order valence-corrected chi connectivity index (χ3v) is 34.6. The van der Waals surface area contributed by atoms with Gasteiger partial charge in [0, 0.05) is 57.0 Å². The molecule has 24 heteroatoms. The summed E-state index contributed by atoms with van der Waals surface area (Å²) in [6.45, 7) is 39.1. The van der Waals surface area contributed by atoms with E-state index in [0.717, 1.165) is 165 Å². The molecule has 23 nitrogen and oxygen atoms in total. The number of esters is 1. The van der Waals surface area contributed by atoms with Gasteiger partial charge >= 0.3 is 29.6 Å². The Kier molecular flexibility index (Phi) is 39.0. The van der Waals surface area contributed by atoms with Crippen molar-refractivity contribution in [2.75, 3.05) is 39.3 Å². The Labute approximate surface area is 738 Å². The first-order chi connectivity index (χ1) is 57.5. The number of allylic oxidation sites excluding steroid dienone is 3. The van der Waals surface area contributed by atoms with Crippen LogP contribution in [0.1, 0.15) is 316 Å². The molecule has 0 aromatic rings. The molecule has 0 bridgehead atoms. The molecule has 17 N–H and O–H groups in total. The van der Waals surface area contributed by atoms with E-state index in [-0.39, 0.29) is 43.0 Å². The van der Waals surface area contributed by atoms with Crippen LogP contribution < -0.4 is 27.8 Å². The van der Waals surface area contributed by atoms with Crippen LogP contribution in [0.15, 0.2) is 34.9 Å². The van der Waals surface area contributed by atoms with Crippen molar-refractivity contribution in [2.24, 2.45) is 156 Å². The van der Waals surface area contributed by atoms with Gasteiger partial charge in [-0.25, -0.2) is 24.0 Å². The SMILES string of the molecule is CC(C)CCC[C@@H](C)[C@H]1CCC2C3CC=C4C[C@@H](OC(=O)Cl)CC[C@]4(C)C3CC[C@@]21C.CC(C)CCC[C@@H](C)[C@H]1CCC2C3CC=C4C[C@@H](OC(=O)NCCN)CC[C@]4(C)C3CC[C@@]21C.CC(C)CCC[C@@H](C)[C@H]1CCC2C3CC=C4C[C@@H](OC(=O)NCCOC(=O)[C@@H](O)[C@H](O)C(O)O)CC[C@]4(C)C3CC[C@@]21C.NCCN.O=C(O)[C@@H](O)[C@H](O)C(O)O. The van der Waals surface area contributed by atoms with Crippen LogP contribution >= 0.6 is 11.6 Å². The average Bonchev–Trinajstić information content (AvgIpc) is 1.45. The van der Waals surface area contributed by atoms with Crippen LogP contribution in [0.4, 0.5) is 14.4 Å². The summed E-state index contributed by atoms with van der Waals surface area (Å²) in [5.74, 6) is 12.2. The van der Waals surface area contributed by atoms with Crippen molar-refractivity contribution in [1.82, 2.24) is 10.6 Å². The van der Waals surface area contributed by atoms with Crippen LogP contribution in [0.25, 0.3) is 0 Å². The van der Waals surface area contributed by atoms with Crippen molar-refractivity contribution in [1.29, 1.82) is 0 Å². The Morgan fingerprint density at radius 1 is 0.418 bits per heavy atom. The minimum absolute atomic E-state index is 0.0164. The van der Waals surface area contributed by atoms with Crippen LogP contribution in [-0.4, -0.2) is 170 Å². The fourth-order valence-corrected chi connectivity index (χ4v) is 28.1. The van der Waals surface area contributed by atoms with Crippen molar-refractivity contribution in [2.45, 2.75) is 371 Å². The zero-order chi connectivity index (χ0) is 90.1. The fourth-order valence-electron chi connectivity index (χ4n) is 28.0. The first kappa shape index (κ1) is 103. The second kappa shape index (κ2) is 46.0. The molecule has 0 heterocycles.